The van der Waals surface area contributed by atoms with E-state index in [0.717, 1.165) is 18.4 Å². The van der Waals surface area contributed by atoms with E-state index in [1.807, 2.05) is 37.4 Å². The Morgan fingerprint density at radius 1 is 1.32 bits per heavy atom. The van der Waals surface area contributed by atoms with E-state index in [0.29, 0.717) is 6.42 Å². The normalized spacial score (nSPS) is 32.7. The fourth-order valence-electron chi connectivity index (χ4n) is 3.74. The number of fused-ring (bicyclic) bond motifs is 2. The van der Waals surface area contributed by atoms with Crippen LogP contribution in [0.25, 0.3) is 0 Å². The first-order valence-corrected chi connectivity index (χ1v) is 7.86. The van der Waals surface area contributed by atoms with Crippen LogP contribution in [0.1, 0.15) is 30.7 Å². The van der Waals surface area contributed by atoms with Crippen molar-refractivity contribution in [1.82, 2.24) is 4.90 Å². The maximum absolute atomic E-state index is 12.4. The van der Waals surface area contributed by atoms with Crippen LogP contribution < -0.4 is 0 Å². The molecule has 1 aromatic rings. The van der Waals surface area contributed by atoms with Crippen LogP contribution in [0.4, 0.5) is 0 Å². The number of likely N-dealkylation sites (N-methyl/N-ethyl adjacent to an activating group) is 1. The molecule has 2 saturated heterocycles. The van der Waals surface area contributed by atoms with Crippen molar-refractivity contribution in [2.24, 2.45) is 0 Å². The third-order valence-corrected chi connectivity index (χ3v) is 5.05. The van der Waals surface area contributed by atoms with Gasteiger partial charge in [-0.25, -0.2) is 0 Å². The van der Waals surface area contributed by atoms with Crippen LogP contribution in [0.5, 0.6) is 0 Å². The molecule has 5 atom stereocenters. The lowest BCUT2D eigenvalue weighted by Crippen LogP contribution is -2.45. The van der Waals surface area contributed by atoms with Crippen molar-refractivity contribution >= 4 is 5.97 Å². The summed E-state index contributed by atoms with van der Waals surface area (Å²) in [5, 5.41) is 19.6. The second-order valence-electron chi connectivity index (χ2n) is 6.37. The average molecular weight is 305 g/mol. The molecule has 2 N–H and O–H groups in total. The fraction of sp³-hybridized carbons (Fsp3) is 0.588. The molecule has 2 fully saturated rings. The number of benzene rings is 1. The van der Waals surface area contributed by atoms with Crippen molar-refractivity contribution in [2.75, 3.05) is 13.7 Å². The van der Waals surface area contributed by atoms with Crippen LogP contribution in [0.3, 0.4) is 0 Å². The van der Waals surface area contributed by atoms with Crippen molar-refractivity contribution in [1.29, 1.82) is 0 Å². The third kappa shape index (κ3) is 2.89. The van der Waals surface area contributed by atoms with Crippen molar-refractivity contribution in [3.8, 4) is 0 Å². The lowest BCUT2D eigenvalue weighted by atomic mass is 9.98. The number of piperidine rings is 1. The number of ether oxygens (including phenoxy) is 1. The van der Waals surface area contributed by atoms with Crippen LogP contribution in [0.2, 0.25) is 0 Å². The lowest BCUT2D eigenvalue weighted by Gasteiger charge is -2.36. The third-order valence-electron chi connectivity index (χ3n) is 5.05. The van der Waals surface area contributed by atoms with E-state index < -0.39 is 5.92 Å². The van der Waals surface area contributed by atoms with Gasteiger partial charge in [0.25, 0.3) is 0 Å². The van der Waals surface area contributed by atoms with Crippen molar-refractivity contribution in [3.63, 3.8) is 0 Å². The molecule has 3 rings (SSSR count). The fourth-order valence-corrected chi connectivity index (χ4v) is 3.74. The number of hydrogen-bond donors (Lipinski definition) is 2. The Balaban J connectivity index is 1.65. The molecule has 0 spiro atoms. The van der Waals surface area contributed by atoms with Gasteiger partial charge in [-0.15, -0.1) is 0 Å². The van der Waals surface area contributed by atoms with E-state index in [9.17, 15) is 15.0 Å². The molecular weight excluding hydrogens is 282 g/mol. The maximum atomic E-state index is 12.4. The molecule has 0 aliphatic carbocycles. The molecule has 5 nitrogen and oxygen atoms in total. The van der Waals surface area contributed by atoms with Gasteiger partial charge in [-0.05, 0) is 19.0 Å². The topological polar surface area (TPSA) is 70.0 Å². The molecule has 5 heteroatoms. The Hall–Kier alpha value is -1.43. The van der Waals surface area contributed by atoms with E-state index in [2.05, 4.69) is 4.90 Å². The van der Waals surface area contributed by atoms with Gasteiger partial charge in [0.15, 0.2) is 0 Å². The molecule has 22 heavy (non-hydrogen) atoms. The Morgan fingerprint density at radius 2 is 2.05 bits per heavy atom. The zero-order valence-corrected chi connectivity index (χ0v) is 12.8. The van der Waals surface area contributed by atoms with Gasteiger partial charge >= 0.3 is 5.97 Å². The molecule has 0 saturated carbocycles. The summed E-state index contributed by atoms with van der Waals surface area (Å²) in [4.78, 5) is 14.6. The minimum absolute atomic E-state index is 0.0702. The number of aliphatic hydroxyl groups is 2. The summed E-state index contributed by atoms with van der Waals surface area (Å²) >= 11 is 0. The van der Waals surface area contributed by atoms with Crippen molar-refractivity contribution < 1.29 is 19.7 Å². The highest BCUT2D eigenvalue weighted by Gasteiger charge is 2.45. The van der Waals surface area contributed by atoms with E-state index in [-0.39, 0.29) is 36.9 Å². The number of carbonyl (C=O) groups is 1. The molecule has 2 heterocycles. The van der Waals surface area contributed by atoms with Crippen LogP contribution >= 0.6 is 0 Å². The van der Waals surface area contributed by atoms with Crippen molar-refractivity contribution in [2.45, 2.75) is 49.5 Å². The van der Waals surface area contributed by atoms with Crippen molar-refractivity contribution in [3.05, 3.63) is 35.9 Å². The first-order chi connectivity index (χ1) is 10.6. The zero-order chi connectivity index (χ0) is 15.7. The highest BCUT2D eigenvalue weighted by molar-refractivity contribution is 5.78. The summed E-state index contributed by atoms with van der Waals surface area (Å²) in [7, 11) is 2.02. The van der Waals surface area contributed by atoms with Crippen LogP contribution in [-0.4, -0.2) is 59.0 Å². The number of carbonyl (C=O) groups excluding carboxylic acids is 1. The highest BCUT2D eigenvalue weighted by Crippen LogP contribution is 2.36. The largest absolute Gasteiger partial charge is 0.462 e. The molecule has 2 bridgehead atoms. The predicted octanol–water partition coefficient (Wildman–Crippen LogP) is 0.902. The Labute approximate surface area is 130 Å². The summed E-state index contributed by atoms with van der Waals surface area (Å²) in [6, 6.07) is 9.56. The Bertz CT molecular complexity index is 521. The SMILES string of the molecule is CN1[C@H]2C[C@@H](OC(=O)[C@@H](CO)c3ccccc3)C[C@H]1[C@H](O)C2. The summed E-state index contributed by atoms with van der Waals surface area (Å²) in [5.74, 6) is -1.01. The van der Waals surface area contributed by atoms with Gasteiger partial charge in [0, 0.05) is 24.9 Å². The summed E-state index contributed by atoms with van der Waals surface area (Å²) < 4.78 is 5.64. The predicted molar refractivity (Wildman–Crippen MR) is 81.3 cm³/mol. The molecule has 0 amide bonds. The van der Waals surface area contributed by atoms with Gasteiger partial charge in [-0.2, -0.15) is 0 Å². The molecule has 1 aromatic carbocycles. The van der Waals surface area contributed by atoms with E-state index in [1.165, 1.54) is 0 Å². The second kappa shape index (κ2) is 6.36. The molecular formula is C17H23NO4. The zero-order valence-electron chi connectivity index (χ0n) is 12.8. The van der Waals surface area contributed by atoms with Gasteiger partial charge in [0.1, 0.15) is 12.0 Å². The van der Waals surface area contributed by atoms with E-state index in [4.69, 9.17) is 4.74 Å². The average Bonchev–Trinajstić information content (AvgIpc) is 2.68. The molecule has 120 valence electrons. The van der Waals surface area contributed by atoms with Gasteiger partial charge in [0.2, 0.25) is 0 Å². The first kappa shape index (κ1) is 15.5. The number of aliphatic hydroxyl groups excluding tert-OH is 2. The molecule has 2 aliphatic rings. The lowest BCUT2D eigenvalue weighted by molar-refractivity contribution is -0.155. The first-order valence-electron chi connectivity index (χ1n) is 7.86. The smallest absolute Gasteiger partial charge is 0.316 e. The maximum Gasteiger partial charge on any atom is 0.316 e. The van der Waals surface area contributed by atoms with E-state index >= 15 is 0 Å². The van der Waals surface area contributed by atoms with Gasteiger partial charge in [0.05, 0.1) is 12.7 Å². The Kier molecular flexibility index (Phi) is 4.47. The van der Waals surface area contributed by atoms with Crippen LogP contribution in [-0.2, 0) is 9.53 Å². The minimum Gasteiger partial charge on any atom is -0.462 e. The number of rotatable bonds is 4. The highest BCUT2D eigenvalue weighted by atomic mass is 16.5. The van der Waals surface area contributed by atoms with Gasteiger partial charge in [-0.3, -0.25) is 9.69 Å². The monoisotopic (exact) mass is 305 g/mol. The summed E-state index contributed by atoms with van der Waals surface area (Å²) in [6.07, 6.45) is 1.66. The second-order valence-corrected chi connectivity index (χ2v) is 6.37. The molecule has 2 aliphatic heterocycles. The number of esters is 1. The summed E-state index contributed by atoms with van der Waals surface area (Å²) in [6.45, 7) is -0.259. The summed E-state index contributed by atoms with van der Waals surface area (Å²) in [5.41, 5.74) is 0.769. The van der Waals surface area contributed by atoms with Crippen LogP contribution in [0.15, 0.2) is 30.3 Å². The number of hydrogen-bond acceptors (Lipinski definition) is 5. The van der Waals surface area contributed by atoms with E-state index in [1.54, 1.807) is 0 Å². The molecule has 0 unspecified atom stereocenters. The minimum atomic E-state index is -0.636. The molecule has 0 aromatic heterocycles. The Morgan fingerprint density at radius 3 is 2.68 bits per heavy atom. The number of nitrogens with zero attached hydrogens (tertiary/aromatic N) is 1. The van der Waals surface area contributed by atoms with Crippen LogP contribution in [0, 0.1) is 0 Å². The standard InChI is InChI=1S/C17H23NO4/c1-18-12-7-13(9-15(18)16(20)8-12)22-17(21)14(10-19)11-5-3-2-4-6-11/h2-6,12-16,19-20H,7-10H2,1H3/t12-,13+,14-,15-,16+/m0/s1. The quantitative estimate of drug-likeness (QED) is 0.809. The van der Waals surface area contributed by atoms with Gasteiger partial charge < -0.3 is 14.9 Å². The van der Waals surface area contributed by atoms with Gasteiger partial charge in [-0.1, -0.05) is 30.3 Å². The molecule has 0 radical (unpaired) electrons.